The fraction of sp³-hybridized carbons (Fsp3) is 0.0714. The molecule has 0 fully saturated rings. The molecule has 0 aliphatic carbocycles. The minimum Gasteiger partial charge on any atom is -0.384 e. The Bertz CT molecular complexity index is 687. The van der Waals surface area contributed by atoms with Gasteiger partial charge in [-0.2, -0.15) is 5.10 Å². The summed E-state index contributed by atoms with van der Waals surface area (Å²) < 4.78 is 0. The van der Waals surface area contributed by atoms with Gasteiger partial charge in [0.2, 0.25) is 0 Å². The molecule has 0 saturated carbocycles. The standard InChI is InChI=1S/C14H13ClN4S/c15-9-5-6-13-11(7-9)19(8-14(16)18-17)10-3-1-2-4-12(10)20-13/h1-7H,8,17H2,(H2,16,18). The molecular weight excluding hydrogens is 292 g/mol. The maximum absolute atomic E-state index is 6.12. The van der Waals surface area contributed by atoms with Crippen molar-refractivity contribution in [2.24, 2.45) is 16.7 Å². The van der Waals surface area contributed by atoms with Crippen LogP contribution < -0.4 is 16.5 Å². The highest BCUT2D eigenvalue weighted by molar-refractivity contribution is 7.99. The molecule has 3 rings (SSSR count). The summed E-state index contributed by atoms with van der Waals surface area (Å²) in [6.07, 6.45) is 0. The van der Waals surface area contributed by atoms with E-state index < -0.39 is 0 Å². The highest BCUT2D eigenvalue weighted by Gasteiger charge is 2.23. The van der Waals surface area contributed by atoms with Crippen LogP contribution in [0.15, 0.2) is 57.4 Å². The van der Waals surface area contributed by atoms with Gasteiger partial charge in [0, 0.05) is 14.8 Å². The van der Waals surface area contributed by atoms with Gasteiger partial charge in [-0.1, -0.05) is 35.5 Å². The van der Waals surface area contributed by atoms with Crippen molar-refractivity contribution in [2.45, 2.75) is 9.79 Å². The molecule has 0 aromatic heterocycles. The predicted molar refractivity (Wildman–Crippen MR) is 84.8 cm³/mol. The lowest BCUT2D eigenvalue weighted by Gasteiger charge is -2.32. The lowest BCUT2D eigenvalue weighted by Crippen LogP contribution is -2.32. The van der Waals surface area contributed by atoms with Gasteiger partial charge in [0.25, 0.3) is 0 Å². The van der Waals surface area contributed by atoms with Crippen molar-refractivity contribution in [1.29, 1.82) is 0 Å². The van der Waals surface area contributed by atoms with E-state index in [1.54, 1.807) is 11.8 Å². The zero-order valence-electron chi connectivity index (χ0n) is 10.6. The lowest BCUT2D eigenvalue weighted by atomic mass is 10.2. The highest BCUT2D eigenvalue weighted by atomic mass is 35.5. The maximum Gasteiger partial charge on any atom is 0.139 e. The first-order chi connectivity index (χ1) is 9.69. The normalized spacial score (nSPS) is 13.8. The van der Waals surface area contributed by atoms with Crippen molar-refractivity contribution in [2.75, 3.05) is 11.4 Å². The number of anilines is 2. The number of benzene rings is 2. The zero-order chi connectivity index (χ0) is 14.1. The summed E-state index contributed by atoms with van der Waals surface area (Å²) in [5, 5.41) is 4.26. The number of hydrazone groups is 1. The predicted octanol–water partition coefficient (Wildman–Crippen LogP) is 3.17. The van der Waals surface area contributed by atoms with Crippen LogP contribution in [0.4, 0.5) is 11.4 Å². The average molecular weight is 305 g/mol. The Balaban J connectivity index is 2.13. The molecule has 0 spiro atoms. The van der Waals surface area contributed by atoms with Gasteiger partial charge in [-0.3, -0.25) is 0 Å². The number of fused-ring (bicyclic) bond motifs is 2. The third-order valence-corrected chi connectivity index (χ3v) is 4.44. The largest absolute Gasteiger partial charge is 0.384 e. The third kappa shape index (κ3) is 2.30. The molecule has 102 valence electrons. The minimum absolute atomic E-state index is 0.373. The van der Waals surface area contributed by atoms with Crippen molar-refractivity contribution in [1.82, 2.24) is 0 Å². The van der Waals surface area contributed by atoms with E-state index in [0.717, 1.165) is 16.3 Å². The molecule has 2 aromatic carbocycles. The van der Waals surface area contributed by atoms with E-state index in [2.05, 4.69) is 22.1 Å². The Morgan fingerprint density at radius 2 is 1.90 bits per heavy atom. The van der Waals surface area contributed by atoms with Crippen LogP contribution in [0, 0.1) is 0 Å². The van der Waals surface area contributed by atoms with E-state index in [1.807, 2.05) is 30.3 Å². The Labute approximate surface area is 126 Å². The summed E-state index contributed by atoms with van der Waals surface area (Å²) in [6.45, 7) is 0.432. The molecule has 1 heterocycles. The molecule has 0 radical (unpaired) electrons. The number of nitrogens with zero attached hydrogens (tertiary/aromatic N) is 2. The van der Waals surface area contributed by atoms with Crippen molar-refractivity contribution in [3.63, 3.8) is 0 Å². The van der Waals surface area contributed by atoms with Crippen LogP contribution >= 0.6 is 23.4 Å². The fourth-order valence-electron chi connectivity index (χ4n) is 2.18. The van der Waals surface area contributed by atoms with Crippen molar-refractivity contribution < 1.29 is 0 Å². The second-order valence-electron chi connectivity index (χ2n) is 4.39. The summed E-state index contributed by atoms with van der Waals surface area (Å²) in [5.41, 5.74) is 7.90. The first kappa shape index (κ1) is 13.1. The van der Waals surface area contributed by atoms with E-state index in [1.165, 1.54) is 4.90 Å². The molecule has 4 N–H and O–H groups in total. The van der Waals surface area contributed by atoms with E-state index in [-0.39, 0.29) is 0 Å². The van der Waals surface area contributed by atoms with E-state index >= 15 is 0 Å². The Morgan fingerprint density at radius 3 is 2.70 bits per heavy atom. The molecule has 0 saturated heterocycles. The van der Waals surface area contributed by atoms with Crippen LogP contribution in [0.1, 0.15) is 0 Å². The molecular formula is C14H13ClN4S. The number of halogens is 1. The Morgan fingerprint density at radius 1 is 1.15 bits per heavy atom. The molecule has 0 atom stereocenters. The summed E-state index contributed by atoms with van der Waals surface area (Å²) in [4.78, 5) is 4.39. The van der Waals surface area contributed by atoms with Crippen LogP contribution in [0.3, 0.4) is 0 Å². The average Bonchev–Trinajstić information content (AvgIpc) is 2.47. The van der Waals surface area contributed by atoms with Crippen molar-refractivity contribution >= 4 is 40.6 Å². The summed E-state index contributed by atoms with van der Waals surface area (Å²) >= 11 is 7.83. The van der Waals surface area contributed by atoms with Gasteiger partial charge < -0.3 is 16.5 Å². The van der Waals surface area contributed by atoms with Gasteiger partial charge in [-0.05, 0) is 30.3 Å². The van der Waals surface area contributed by atoms with Crippen LogP contribution in [0.2, 0.25) is 5.02 Å². The van der Waals surface area contributed by atoms with Gasteiger partial charge in [0.05, 0.1) is 17.9 Å². The molecule has 1 aliphatic heterocycles. The van der Waals surface area contributed by atoms with Gasteiger partial charge in [0.15, 0.2) is 0 Å². The lowest BCUT2D eigenvalue weighted by molar-refractivity contribution is 1.04. The van der Waals surface area contributed by atoms with Gasteiger partial charge >= 0.3 is 0 Å². The molecule has 0 bridgehead atoms. The Hall–Kier alpha value is -1.85. The topological polar surface area (TPSA) is 67.6 Å². The fourth-order valence-corrected chi connectivity index (χ4v) is 3.42. The highest BCUT2D eigenvalue weighted by Crippen LogP contribution is 2.48. The molecule has 0 amide bonds. The number of amidine groups is 1. The van der Waals surface area contributed by atoms with Crippen LogP contribution in [-0.4, -0.2) is 12.4 Å². The van der Waals surface area contributed by atoms with Crippen LogP contribution in [0.5, 0.6) is 0 Å². The SMILES string of the molecule is N/N=C(\N)CN1c2ccccc2Sc2ccc(Cl)cc21. The summed E-state index contributed by atoms with van der Waals surface area (Å²) in [7, 11) is 0. The van der Waals surface area contributed by atoms with Gasteiger partial charge in [-0.15, -0.1) is 0 Å². The number of para-hydroxylation sites is 1. The van der Waals surface area contributed by atoms with Crippen molar-refractivity contribution in [3.05, 3.63) is 47.5 Å². The molecule has 1 aliphatic rings. The van der Waals surface area contributed by atoms with E-state index in [9.17, 15) is 0 Å². The second kappa shape index (κ2) is 5.26. The molecule has 2 aromatic rings. The third-order valence-electron chi connectivity index (χ3n) is 3.07. The quantitative estimate of drug-likeness (QED) is 0.387. The Kier molecular flexibility index (Phi) is 3.46. The molecule has 0 unspecified atom stereocenters. The van der Waals surface area contributed by atoms with Crippen LogP contribution in [0.25, 0.3) is 0 Å². The van der Waals surface area contributed by atoms with Gasteiger partial charge in [-0.25, -0.2) is 0 Å². The second-order valence-corrected chi connectivity index (χ2v) is 5.91. The molecule has 20 heavy (non-hydrogen) atoms. The van der Waals surface area contributed by atoms with Gasteiger partial charge in [0.1, 0.15) is 5.84 Å². The van der Waals surface area contributed by atoms with E-state index in [0.29, 0.717) is 17.4 Å². The monoisotopic (exact) mass is 304 g/mol. The van der Waals surface area contributed by atoms with Crippen LogP contribution in [-0.2, 0) is 0 Å². The van der Waals surface area contributed by atoms with E-state index in [4.69, 9.17) is 23.2 Å². The summed E-state index contributed by atoms with van der Waals surface area (Å²) in [6, 6.07) is 14.0. The first-order valence-corrected chi connectivity index (χ1v) is 7.24. The maximum atomic E-state index is 6.12. The number of nitrogens with two attached hydrogens (primary N) is 2. The molecule has 4 nitrogen and oxygen atoms in total. The first-order valence-electron chi connectivity index (χ1n) is 6.05. The zero-order valence-corrected chi connectivity index (χ0v) is 12.2. The molecule has 6 heteroatoms. The minimum atomic E-state index is 0.373. The smallest absolute Gasteiger partial charge is 0.139 e. The summed E-state index contributed by atoms with van der Waals surface area (Å²) in [5.74, 6) is 5.64. The number of hydrogen-bond acceptors (Lipinski definition) is 4. The number of hydrogen-bond donors (Lipinski definition) is 2. The number of rotatable bonds is 2. The van der Waals surface area contributed by atoms with Crippen molar-refractivity contribution in [3.8, 4) is 0 Å².